The molecule has 0 saturated carbocycles. The van der Waals surface area contributed by atoms with Crippen molar-refractivity contribution >= 4 is 0 Å². The molecule has 4 atom stereocenters. The van der Waals surface area contributed by atoms with E-state index in [1.807, 2.05) is 0 Å². The van der Waals surface area contributed by atoms with Crippen molar-refractivity contribution in [1.29, 1.82) is 0 Å². The average Bonchev–Trinajstić information content (AvgIpc) is 2.76. The molecule has 0 aromatic heterocycles. The Labute approximate surface area is 110 Å². The predicted molar refractivity (Wildman–Crippen MR) is 75.7 cm³/mol. The summed E-state index contributed by atoms with van der Waals surface area (Å²) in [4.78, 5) is 2.61. The van der Waals surface area contributed by atoms with Gasteiger partial charge in [0.2, 0.25) is 0 Å². The molecule has 2 heterocycles. The zero-order valence-corrected chi connectivity index (χ0v) is 11.5. The molecule has 2 aliphatic heterocycles. The molecule has 0 amide bonds. The van der Waals surface area contributed by atoms with Crippen LogP contribution in [0.2, 0.25) is 0 Å². The van der Waals surface area contributed by atoms with Crippen molar-refractivity contribution in [2.24, 2.45) is 5.92 Å². The fourth-order valence-electron chi connectivity index (χ4n) is 3.44. The molecule has 2 aliphatic rings. The van der Waals surface area contributed by atoms with E-state index in [1.165, 1.54) is 43.6 Å². The van der Waals surface area contributed by atoms with E-state index in [4.69, 9.17) is 0 Å². The average molecular weight is 244 g/mol. The molecule has 0 aliphatic carbocycles. The third-order valence-corrected chi connectivity index (χ3v) is 4.68. The highest BCUT2D eigenvalue weighted by Crippen LogP contribution is 2.28. The molecular weight excluding hydrogens is 220 g/mol. The Kier molecular flexibility index (Phi) is 3.40. The molecule has 3 unspecified atom stereocenters. The molecule has 1 N–H and O–H groups in total. The second kappa shape index (κ2) is 5.02. The number of rotatable bonds is 3. The molecule has 0 radical (unpaired) electrons. The summed E-state index contributed by atoms with van der Waals surface area (Å²) in [7, 11) is 0. The number of aryl methyl sites for hydroxylation is 1. The van der Waals surface area contributed by atoms with Gasteiger partial charge in [-0.3, -0.25) is 0 Å². The van der Waals surface area contributed by atoms with Crippen LogP contribution in [0.4, 0.5) is 0 Å². The van der Waals surface area contributed by atoms with Crippen LogP contribution in [0.5, 0.6) is 0 Å². The Balaban J connectivity index is 1.63. The van der Waals surface area contributed by atoms with E-state index < -0.39 is 0 Å². The summed E-state index contributed by atoms with van der Waals surface area (Å²) in [6, 6.07) is 10.1. The van der Waals surface area contributed by atoms with Gasteiger partial charge in [-0.15, -0.1) is 0 Å². The van der Waals surface area contributed by atoms with Crippen LogP contribution in [0.25, 0.3) is 0 Å². The molecule has 2 saturated heterocycles. The zero-order chi connectivity index (χ0) is 12.5. The minimum atomic E-state index is 0.475. The van der Waals surface area contributed by atoms with Crippen LogP contribution in [-0.4, -0.2) is 30.6 Å². The molecule has 98 valence electrons. The summed E-state index contributed by atoms with van der Waals surface area (Å²) in [6.07, 6.45) is 2.71. The summed E-state index contributed by atoms with van der Waals surface area (Å²) in [5.41, 5.74) is 2.76. The maximum absolute atomic E-state index is 3.86. The van der Waals surface area contributed by atoms with Gasteiger partial charge in [-0.25, -0.2) is 0 Å². The number of fused-ring (bicyclic) bond motifs is 2. The first kappa shape index (κ1) is 12.2. The van der Waals surface area contributed by atoms with Crippen LogP contribution in [0.3, 0.4) is 0 Å². The van der Waals surface area contributed by atoms with Gasteiger partial charge in [0.1, 0.15) is 0 Å². The van der Waals surface area contributed by atoms with Crippen LogP contribution < -0.4 is 5.32 Å². The van der Waals surface area contributed by atoms with E-state index in [9.17, 15) is 0 Å². The summed E-state index contributed by atoms with van der Waals surface area (Å²) in [5.74, 6) is 0.881. The van der Waals surface area contributed by atoms with Gasteiger partial charge in [-0.1, -0.05) is 29.8 Å². The smallest absolute Gasteiger partial charge is 0.0294 e. The first-order chi connectivity index (χ1) is 8.72. The molecule has 2 fully saturated rings. The topological polar surface area (TPSA) is 15.3 Å². The first-order valence-corrected chi connectivity index (χ1v) is 7.27. The Morgan fingerprint density at radius 2 is 1.89 bits per heavy atom. The zero-order valence-electron chi connectivity index (χ0n) is 11.5. The molecule has 18 heavy (non-hydrogen) atoms. The predicted octanol–water partition coefficient (Wildman–Crippen LogP) is 2.74. The number of piperidine rings is 1. The van der Waals surface area contributed by atoms with E-state index in [0.717, 1.165) is 12.0 Å². The van der Waals surface area contributed by atoms with E-state index >= 15 is 0 Å². The summed E-state index contributed by atoms with van der Waals surface area (Å²) >= 11 is 0. The van der Waals surface area contributed by atoms with Crippen molar-refractivity contribution in [3.05, 3.63) is 35.4 Å². The van der Waals surface area contributed by atoms with Gasteiger partial charge < -0.3 is 10.2 Å². The van der Waals surface area contributed by atoms with E-state index in [2.05, 4.69) is 48.3 Å². The van der Waals surface area contributed by atoms with E-state index in [-0.39, 0.29) is 0 Å². The highest BCUT2D eigenvalue weighted by molar-refractivity contribution is 5.23. The quantitative estimate of drug-likeness (QED) is 0.879. The van der Waals surface area contributed by atoms with Gasteiger partial charge in [-0.2, -0.15) is 0 Å². The number of benzene rings is 1. The van der Waals surface area contributed by atoms with Crippen LogP contribution in [0, 0.1) is 12.8 Å². The minimum Gasteiger partial charge on any atom is -0.307 e. The number of hydrogen-bond donors (Lipinski definition) is 1. The lowest BCUT2D eigenvalue weighted by Crippen LogP contribution is -2.44. The Hall–Kier alpha value is -0.860. The van der Waals surface area contributed by atoms with Crippen molar-refractivity contribution < 1.29 is 0 Å². The molecule has 0 spiro atoms. The fourth-order valence-corrected chi connectivity index (χ4v) is 3.44. The Morgan fingerprint density at radius 3 is 2.67 bits per heavy atom. The lowest BCUT2D eigenvalue weighted by Gasteiger charge is -2.33. The largest absolute Gasteiger partial charge is 0.307 e. The molecule has 1 aromatic carbocycles. The molecule has 2 nitrogen and oxygen atoms in total. The van der Waals surface area contributed by atoms with Crippen molar-refractivity contribution in [3.8, 4) is 0 Å². The maximum Gasteiger partial charge on any atom is 0.0294 e. The highest BCUT2D eigenvalue weighted by atomic mass is 15.2. The highest BCUT2D eigenvalue weighted by Gasteiger charge is 2.34. The van der Waals surface area contributed by atoms with Crippen LogP contribution in [-0.2, 0) is 0 Å². The molecular formula is C16H24N2. The maximum atomic E-state index is 3.86. The van der Waals surface area contributed by atoms with Gasteiger partial charge in [0.15, 0.2) is 0 Å². The third-order valence-electron chi connectivity index (χ3n) is 4.68. The Bertz CT molecular complexity index is 398. The van der Waals surface area contributed by atoms with Gasteiger partial charge in [-0.05, 0) is 51.3 Å². The fraction of sp³-hybridized carbons (Fsp3) is 0.625. The number of nitrogens with one attached hydrogen (secondary N) is 1. The normalized spacial score (nSPS) is 32.4. The monoisotopic (exact) mass is 244 g/mol. The van der Waals surface area contributed by atoms with Gasteiger partial charge in [0.25, 0.3) is 0 Å². The van der Waals surface area contributed by atoms with Crippen molar-refractivity contribution in [2.45, 2.75) is 38.8 Å². The molecule has 2 heteroatoms. The summed E-state index contributed by atoms with van der Waals surface area (Å²) in [5, 5.41) is 3.86. The number of hydrogen-bond acceptors (Lipinski definition) is 2. The minimum absolute atomic E-state index is 0.475. The Morgan fingerprint density at radius 1 is 1.17 bits per heavy atom. The summed E-state index contributed by atoms with van der Waals surface area (Å²) in [6.45, 7) is 8.37. The van der Waals surface area contributed by atoms with E-state index in [1.54, 1.807) is 0 Å². The second-order valence-electron chi connectivity index (χ2n) is 6.04. The summed E-state index contributed by atoms with van der Waals surface area (Å²) < 4.78 is 0. The number of nitrogens with zero attached hydrogens (tertiary/aromatic N) is 1. The van der Waals surface area contributed by atoms with Crippen LogP contribution >= 0.6 is 0 Å². The van der Waals surface area contributed by atoms with Crippen LogP contribution in [0.15, 0.2) is 24.3 Å². The van der Waals surface area contributed by atoms with Crippen LogP contribution in [0.1, 0.15) is 36.9 Å². The SMILES string of the molecule is Cc1ccc([C@H](C)NC2CCN3CCC2C3)cc1. The van der Waals surface area contributed by atoms with Gasteiger partial charge in [0, 0.05) is 18.6 Å². The van der Waals surface area contributed by atoms with Crippen molar-refractivity contribution in [2.75, 3.05) is 19.6 Å². The third kappa shape index (κ3) is 2.45. The first-order valence-electron chi connectivity index (χ1n) is 7.27. The lowest BCUT2D eigenvalue weighted by molar-refractivity contribution is 0.212. The lowest BCUT2D eigenvalue weighted by atomic mass is 9.92. The van der Waals surface area contributed by atoms with Crippen molar-refractivity contribution in [3.63, 3.8) is 0 Å². The van der Waals surface area contributed by atoms with Gasteiger partial charge >= 0.3 is 0 Å². The van der Waals surface area contributed by atoms with E-state index in [0.29, 0.717) is 6.04 Å². The van der Waals surface area contributed by atoms with Crippen molar-refractivity contribution in [1.82, 2.24) is 10.2 Å². The molecule has 1 aromatic rings. The molecule has 3 rings (SSSR count). The second-order valence-corrected chi connectivity index (χ2v) is 6.04. The molecule has 2 bridgehead atoms. The van der Waals surface area contributed by atoms with Gasteiger partial charge in [0.05, 0.1) is 0 Å². The standard InChI is InChI=1S/C16H24N2/c1-12-3-5-14(6-4-12)13(2)17-16-8-10-18-9-7-15(16)11-18/h3-6,13,15-17H,7-11H2,1-2H3/t13-,15?,16?/m0/s1.